The molecule has 0 atom stereocenters. The summed E-state index contributed by atoms with van der Waals surface area (Å²) in [6.45, 7) is 1.37. The molecule has 0 radical (unpaired) electrons. The topological polar surface area (TPSA) is 72.5 Å². The fourth-order valence-electron chi connectivity index (χ4n) is 1.24. The van der Waals surface area contributed by atoms with E-state index in [0.29, 0.717) is 18.7 Å². The summed E-state index contributed by atoms with van der Waals surface area (Å²) in [5.74, 6) is -3.75. The van der Waals surface area contributed by atoms with Crippen LogP contribution in [0.25, 0.3) is 0 Å². The Kier molecular flexibility index (Phi) is 5.07. The largest absolute Gasteiger partial charge is 0.479 e. The molecule has 0 aromatic heterocycles. The summed E-state index contributed by atoms with van der Waals surface area (Å²) in [6, 6.07) is 0.942. The van der Waals surface area contributed by atoms with Crippen LogP contribution in [0, 0.1) is 11.6 Å². The predicted molar refractivity (Wildman–Crippen MR) is 63.6 cm³/mol. The normalized spacial score (nSPS) is 11.2. The molecule has 0 saturated heterocycles. The number of benzene rings is 1. The number of rotatable bonds is 5. The van der Waals surface area contributed by atoms with Crippen LogP contribution in [-0.2, 0) is 13.8 Å². The fraction of sp³-hybridized carbons (Fsp3) is 0.300. The van der Waals surface area contributed by atoms with Crippen LogP contribution in [0.2, 0.25) is 0 Å². The van der Waals surface area contributed by atoms with Crippen molar-refractivity contribution in [3.63, 3.8) is 0 Å². The standard InChI is InChI=1S/C10H10ClF2NO4S/c1-2-14-9(15)5-18-10-7(13)3-6(12)4-8(10)19(11,16)17/h3-4H,2,5H2,1H3,(H,14,15). The highest BCUT2D eigenvalue weighted by Gasteiger charge is 2.23. The number of hydrogen-bond donors (Lipinski definition) is 1. The van der Waals surface area contributed by atoms with Gasteiger partial charge < -0.3 is 10.1 Å². The summed E-state index contributed by atoms with van der Waals surface area (Å²) in [4.78, 5) is 10.3. The molecule has 1 aromatic carbocycles. The van der Waals surface area contributed by atoms with Crippen molar-refractivity contribution in [3.05, 3.63) is 23.8 Å². The molecule has 9 heteroatoms. The van der Waals surface area contributed by atoms with Gasteiger partial charge in [0.15, 0.2) is 18.2 Å². The first kappa shape index (κ1) is 15.6. The molecule has 0 aliphatic rings. The molecule has 0 saturated carbocycles. The van der Waals surface area contributed by atoms with Gasteiger partial charge in [0.25, 0.3) is 15.0 Å². The maximum absolute atomic E-state index is 13.5. The highest BCUT2D eigenvalue weighted by atomic mass is 35.7. The second kappa shape index (κ2) is 6.16. The zero-order valence-electron chi connectivity index (χ0n) is 9.74. The molecule has 0 bridgehead atoms. The summed E-state index contributed by atoms with van der Waals surface area (Å²) < 4.78 is 53.5. The molecule has 1 amide bonds. The zero-order valence-corrected chi connectivity index (χ0v) is 11.3. The number of nitrogens with one attached hydrogen (secondary N) is 1. The third kappa shape index (κ3) is 4.32. The molecule has 1 N–H and O–H groups in total. The van der Waals surface area contributed by atoms with E-state index in [9.17, 15) is 22.0 Å². The number of carbonyl (C=O) groups excluding carboxylic acids is 1. The first-order valence-corrected chi connectivity index (χ1v) is 7.39. The van der Waals surface area contributed by atoms with Crippen molar-refractivity contribution in [2.24, 2.45) is 0 Å². The Hall–Kier alpha value is -1.41. The van der Waals surface area contributed by atoms with Crippen molar-refractivity contribution >= 4 is 25.6 Å². The number of hydrogen-bond acceptors (Lipinski definition) is 4. The maximum atomic E-state index is 13.5. The smallest absolute Gasteiger partial charge is 0.265 e. The van der Waals surface area contributed by atoms with Crippen LogP contribution in [0.4, 0.5) is 8.78 Å². The lowest BCUT2D eigenvalue weighted by Gasteiger charge is -2.10. The van der Waals surface area contributed by atoms with Crippen molar-refractivity contribution in [3.8, 4) is 5.75 Å². The van der Waals surface area contributed by atoms with Crippen molar-refractivity contribution < 1.29 is 26.7 Å². The zero-order chi connectivity index (χ0) is 14.6. The summed E-state index contributed by atoms with van der Waals surface area (Å²) in [6.07, 6.45) is 0. The molecular formula is C10H10ClF2NO4S. The first-order valence-electron chi connectivity index (χ1n) is 5.09. The van der Waals surface area contributed by atoms with Crippen molar-refractivity contribution in [2.75, 3.05) is 13.2 Å². The van der Waals surface area contributed by atoms with Gasteiger partial charge in [-0.15, -0.1) is 0 Å². The van der Waals surface area contributed by atoms with E-state index in [1.165, 1.54) is 0 Å². The van der Waals surface area contributed by atoms with E-state index in [2.05, 4.69) is 5.32 Å². The summed E-state index contributed by atoms with van der Waals surface area (Å²) in [5, 5.41) is 2.36. The van der Waals surface area contributed by atoms with Gasteiger partial charge in [-0.1, -0.05) is 0 Å². The molecule has 0 aliphatic heterocycles. The summed E-state index contributed by atoms with van der Waals surface area (Å²) in [7, 11) is 0.639. The number of halogens is 3. The molecule has 0 heterocycles. The Labute approximate surface area is 112 Å². The Morgan fingerprint density at radius 2 is 2.05 bits per heavy atom. The number of ether oxygens (including phenoxy) is 1. The highest BCUT2D eigenvalue weighted by Crippen LogP contribution is 2.30. The number of amides is 1. The first-order chi connectivity index (χ1) is 8.75. The van der Waals surface area contributed by atoms with Gasteiger partial charge in [-0.25, -0.2) is 17.2 Å². The van der Waals surface area contributed by atoms with Crippen molar-refractivity contribution in [2.45, 2.75) is 11.8 Å². The van der Waals surface area contributed by atoms with Gasteiger partial charge in [0.2, 0.25) is 0 Å². The van der Waals surface area contributed by atoms with E-state index in [-0.39, 0.29) is 0 Å². The third-order valence-electron chi connectivity index (χ3n) is 1.96. The van der Waals surface area contributed by atoms with Crippen LogP contribution in [0.15, 0.2) is 17.0 Å². The lowest BCUT2D eigenvalue weighted by Crippen LogP contribution is -2.28. The summed E-state index contributed by atoms with van der Waals surface area (Å²) in [5.41, 5.74) is 0. The molecule has 0 spiro atoms. The SMILES string of the molecule is CCNC(=O)COc1c(F)cc(F)cc1S(=O)(=O)Cl. The summed E-state index contributed by atoms with van der Waals surface area (Å²) >= 11 is 0. The van der Waals surface area contributed by atoms with Crippen LogP contribution in [0.3, 0.4) is 0 Å². The molecular weight excluding hydrogens is 304 g/mol. The average Bonchev–Trinajstić information content (AvgIpc) is 2.26. The second-order valence-corrected chi connectivity index (χ2v) is 5.93. The second-order valence-electron chi connectivity index (χ2n) is 3.39. The maximum Gasteiger partial charge on any atom is 0.265 e. The molecule has 0 aliphatic carbocycles. The number of carbonyl (C=O) groups is 1. The van der Waals surface area contributed by atoms with Gasteiger partial charge >= 0.3 is 0 Å². The monoisotopic (exact) mass is 313 g/mol. The van der Waals surface area contributed by atoms with E-state index >= 15 is 0 Å². The van der Waals surface area contributed by atoms with Crippen molar-refractivity contribution in [1.82, 2.24) is 5.32 Å². The van der Waals surface area contributed by atoms with Gasteiger partial charge in [0.05, 0.1) is 0 Å². The van der Waals surface area contributed by atoms with Crippen LogP contribution in [0.1, 0.15) is 6.92 Å². The van der Waals surface area contributed by atoms with Crippen LogP contribution in [-0.4, -0.2) is 27.5 Å². The minimum Gasteiger partial charge on any atom is -0.479 e. The Morgan fingerprint density at radius 1 is 1.42 bits per heavy atom. The average molecular weight is 314 g/mol. The quantitative estimate of drug-likeness (QED) is 0.834. The van der Waals surface area contributed by atoms with Crippen LogP contribution >= 0.6 is 10.7 Å². The Balaban J connectivity index is 3.09. The number of likely N-dealkylation sites (N-methyl/N-ethyl adjacent to an activating group) is 1. The van der Waals surface area contributed by atoms with Crippen LogP contribution < -0.4 is 10.1 Å². The van der Waals surface area contributed by atoms with E-state index in [1.807, 2.05) is 0 Å². The molecule has 19 heavy (non-hydrogen) atoms. The molecule has 1 aromatic rings. The van der Waals surface area contributed by atoms with Gasteiger partial charge in [0.1, 0.15) is 10.7 Å². The Morgan fingerprint density at radius 3 is 2.58 bits per heavy atom. The highest BCUT2D eigenvalue weighted by molar-refractivity contribution is 8.13. The Bertz CT molecular complexity index is 591. The van der Waals surface area contributed by atoms with E-state index in [0.717, 1.165) is 0 Å². The minimum absolute atomic E-state index is 0.328. The fourth-order valence-corrected chi connectivity index (χ4v) is 2.22. The van der Waals surface area contributed by atoms with Gasteiger partial charge in [-0.05, 0) is 13.0 Å². The van der Waals surface area contributed by atoms with Crippen LogP contribution in [0.5, 0.6) is 5.75 Å². The lowest BCUT2D eigenvalue weighted by molar-refractivity contribution is -0.123. The van der Waals surface area contributed by atoms with E-state index < -0.39 is 43.8 Å². The minimum atomic E-state index is -4.40. The van der Waals surface area contributed by atoms with E-state index in [1.54, 1.807) is 6.92 Å². The van der Waals surface area contributed by atoms with Gasteiger partial charge in [-0.3, -0.25) is 4.79 Å². The molecule has 106 valence electrons. The predicted octanol–water partition coefficient (Wildman–Crippen LogP) is 1.41. The molecule has 1 rings (SSSR count). The van der Waals surface area contributed by atoms with Crippen molar-refractivity contribution in [1.29, 1.82) is 0 Å². The lowest BCUT2D eigenvalue weighted by atomic mass is 10.3. The van der Waals surface area contributed by atoms with E-state index in [4.69, 9.17) is 15.4 Å². The molecule has 0 unspecified atom stereocenters. The third-order valence-corrected chi connectivity index (χ3v) is 3.29. The molecule has 0 fully saturated rings. The molecule has 5 nitrogen and oxygen atoms in total. The van der Waals surface area contributed by atoms with Gasteiger partial charge in [0, 0.05) is 23.3 Å². The van der Waals surface area contributed by atoms with Gasteiger partial charge in [-0.2, -0.15) is 0 Å².